The van der Waals surface area contributed by atoms with Gasteiger partial charge in [0.05, 0.1) is 17.7 Å². The summed E-state index contributed by atoms with van der Waals surface area (Å²) >= 11 is 0. The summed E-state index contributed by atoms with van der Waals surface area (Å²) in [6.07, 6.45) is 6.73. The second kappa shape index (κ2) is 3.97. The van der Waals surface area contributed by atoms with Crippen LogP contribution in [0.15, 0.2) is 22.8 Å². The highest BCUT2D eigenvalue weighted by molar-refractivity contribution is 5.11. The van der Waals surface area contributed by atoms with Gasteiger partial charge in [-0.05, 0) is 43.2 Å². The fraction of sp³-hybridized carbons (Fsp3) is 0.643. The summed E-state index contributed by atoms with van der Waals surface area (Å²) < 4.78 is 5.36. The number of hydrogen-bond donors (Lipinski definition) is 0. The highest BCUT2D eigenvalue weighted by Gasteiger charge is 2.39. The van der Waals surface area contributed by atoms with Crippen molar-refractivity contribution in [2.24, 2.45) is 10.8 Å². The molecule has 1 aromatic rings. The second-order valence-corrected chi connectivity index (χ2v) is 5.81. The summed E-state index contributed by atoms with van der Waals surface area (Å²) in [6.45, 7) is 4.59. The molecule has 1 fully saturated rings. The molecular formula is C14H19NO. The average Bonchev–Trinajstić information content (AvgIpc) is 2.74. The van der Waals surface area contributed by atoms with Crippen molar-refractivity contribution in [2.45, 2.75) is 46.0 Å². The van der Waals surface area contributed by atoms with E-state index in [1.165, 1.54) is 0 Å². The molecule has 0 N–H and O–H groups in total. The maximum absolute atomic E-state index is 9.42. The molecule has 2 heteroatoms. The maximum Gasteiger partial charge on any atom is 0.105 e. The predicted octanol–water partition coefficient (Wildman–Crippen LogP) is 3.93. The van der Waals surface area contributed by atoms with Crippen LogP contribution in [0.3, 0.4) is 0 Å². The van der Waals surface area contributed by atoms with E-state index in [0.29, 0.717) is 5.41 Å². The summed E-state index contributed by atoms with van der Waals surface area (Å²) in [4.78, 5) is 0. The Bertz CT molecular complexity index is 373. The van der Waals surface area contributed by atoms with Crippen LogP contribution in [0.4, 0.5) is 0 Å². The van der Waals surface area contributed by atoms with Crippen molar-refractivity contribution in [1.29, 1.82) is 5.26 Å². The summed E-state index contributed by atoms with van der Waals surface area (Å²) in [5.41, 5.74) is 0.219. The van der Waals surface area contributed by atoms with Crippen molar-refractivity contribution in [2.75, 3.05) is 0 Å². The first-order valence-corrected chi connectivity index (χ1v) is 5.99. The molecule has 0 saturated heterocycles. The minimum absolute atomic E-state index is 0.187. The van der Waals surface area contributed by atoms with Crippen LogP contribution < -0.4 is 0 Å². The lowest BCUT2D eigenvalue weighted by Gasteiger charge is -2.39. The van der Waals surface area contributed by atoms with Crippen LogP contribution in [0.1, 0.15) is 45.3 Å². The van der Waals surface area contributed by atoms with Gasteiger partial charge in [-0.1, -0.05) is 13.8 Å². The Kier molecular flexibility index (Phi) is 2.80. The first-order valence-electron chi connectivity index (χ1n) is 5.99. The van der Waals surface area contributed by atoms with Gasteiger partial charge in [0.15, 0.2) is 0 Å². The Morgan fingerprint density at radius 3 is 2.50 bits per heavy atom. The molecule has 1 aliphatic carbocycles. The van der Waals surface area contributed by atoms with Crippen LogP contribution >= 0.6 is 0 Å². The Labute approximate surface area is 97.3 Å². The minimum Gasteiger partial charge on any atom is -0.469 e. The molecule has 2 rings (SSSR count). The quantitative estimate of drug-likeness (QED) is 0.752. The zero-order valence-corrected chi connectivity index (χ0v) is 10.1. The fourth-order valence-corrected chi connectivity index (χ4v) is 2.48. The average molecular weight is 217 g/mol. The molecule has 0 amide bonds. The smallest absolute Gasteiger partial charge is 0.105 e. The van der Waals surface area contributed by atoms with Crippen molar-refractivity contribution in [3.05, 3.63) is 24.2 Å². The van der Waals surface area contributed by atoms with Crippen molar-refractivity contribution >= 4 is 0 Å². The highest BCUT2D eigenvalue weighted by atomic mass is 16.3. The largest absolute Gasteiger partial charge is 0.469 e. The number of nitriles is 1. The summed E-state index contributed by atoms with van der Waals surface area (Å²) in [6, 6.07) is 6.40. The molecule has 86 valence electrons. The molecule has 1 heterocycles. The zero-order chi connectivity index (χ0) is 11.6. The lowest BCUT2D eigenvalue weighted by atomic mass is 9.64. The van der Waals surface area contributed by atoms with E-state index in [1.54, 1.807) is 6.26 Å². The van der Waals surface area contributed by atoms with E-state index < -0.39 is 0 Å². The van der Waals surface area contributed by atoms with Crippen molar-refractivity contribution in [3.63, 3.8) is 0 Å². The number of nitrogens with zero attached hydrogens (tertiary/aromatic N) is 1. The SMILES string of the molecule is CC1(C)CCC(C#N)(Cc2ccco2)CC1. The Balaban J connectivity index is 2.08. The number of rotatable bonds is 2. The molecule has 16 heavy (non-hydrogen) atoms. The number of hydrogen-bond acceptors (Lipinski definition) is 2. The van der Waals surface area contributed by atoms with Gasteiger partial charge in [-0.2, -0.15) is 5.26 Å². The van der Waals surface area contributed by atoms with E-state index in [9.17, 15) is 5.26 Å². The van der Waals surface area contributed by atoms with Crippen LogP contribution in [-0.4, -0.2) is 0 Å². The van der Waals surface area contributed by atoms with Crippen molar-refractivity contribution in [1.82, 2.24) is 0 Å². The third-order valence-corrected chi connectivity index (χ3v) is 3.89. The van der Waals surface area contributed by atoms with E-state index in [-0.39, 0.29) is 5.41 Å². The van der Waals surface area contributed by atoms with E-state index in [4.69, 9.17) is 4.42 Å². The molecule has 1 aromatic heterocycles. The Hall–Kier alpha value is -1.23. The van der Waals surface area contributed by atoms with Gasteiger partial charge in [-0.3, -0.25) is 0 Å². The third kappa shape index (κ3) is 2.29. The molecule has 0 aliphatic heterocycles. The normalized spacial score (nSPS) is 22.6. The van der Waals surface area contributed by atoms with E-state index in [0.717, 1.165) is 37.9 Å². The summed E-state index contributed by atoms with van der Waals surface area (Å²) in [7, 11) is 0. The Morgan fingerprint density at radius 1 is 1.31 bits per heavy atom. The van der Waals surface area contributed by atoms with Crippen LogP contribution in [0.25, 0.3) is 0 Å². The van der Waals surface area contributed by atoms with E-state index in [2.05, 4.69) is 19.9 Å². The minimum atomic E-state index is -0.187. The van der Waals surface area contributed by atoms with Crippen LogP contribution in [-0.2, 0) is 6.42 Å². The fourth-order valence-electron chi connectivity index (χ4n) is 2.48. The summed E-state index contributed by atoms with van der Waals surface area (Å²) in [5, 5.41) is 9.42. The Morgan fingerprint density at radius 2 is 2.00 bits per heavy atom. The van der Waals surface area contributed by atoms with Crippen molar-refractivity contribution < 1.29 is 4.42 Å². The molecule has 1 aliphatic rings. The van der Waals surface area contributed by atoms with Gasteiger partial charge in [-0.25, -0.2) is 0 Å². The molecule has 0 bridgehead atoms. The molecule has 0 spiro atoms. The van der Waals surface area contributed by atoms with Crippen LogP contribution in [0, 0.1) is 22.2 Å². The maximum atomic E-state index is 9.42. The number of furan rings is 1. The summed E-state index contributed by atoms with van der Waals surface area (Å²) in [5.74, 6) is 0.946. The van der Waals surface area contributed by atoms with E-state index in [1.807, 2.05) is 12.1 Å². The molecule has 0 atom stereocenters. The van der Waals surface area contributed by atoms with Gasteiger partial charge >= 0.3 is 0 Å². The standard InChI is InChI=1S/C14H19NO/c1-13(2)5-7-14(11-15,8-6-13)10-12-4-3-9-16-12/h3-4,9H,5-8,10H2,1-2H3. The van der Waals surface area contributed by atoms with Gasteiger partial charge in [0.1, 0.15) is 5.76 Å². The topological polar surface area (TPSA) is 36.9 Å². The molecule has 1 saturated carbocycles. The first kappa shape index (κ1) is 11.3. The second-order valence-electron chi connectivity index (χ2n) is 5.81. The molecule has 2 nitrogen and oxygen atoms in total. The third-order valence-electron chi connectivity index (χ3n) is 3.89. The first-order chi connectivity index (χ1) is 7.55. The lowest BCUT2D eigenvalue weighted by Crippen LogP contribution is -2.31. The lowest BCUT2D eigenvalue weighted by molar-refractivity contribution is 0.141. The van der Waals surface area contributed by atoms with Crippen LogP contribution in [0.2, 0.25) is 0 Å². The van der Waals surface area contributed by atoms with Crippen LogP contribution in [0.5, 0.6) is 0 Å². The van der Waals surface area contributed by atoms with E-state index >= 15 is 0 Å². The van der Waals surface area contributed by atoms with Gasteiger partial charge in [0, 0.05) is 6.42 Å². The van der Waals surface area contributed by atoms with Gasteiger partial charge < -0.3 is 4.42 Å². The molecule has 0 unspecified atom stereocenters. The monoisotopic (exact) mass is 217 g/mol. The van der Waals surface area contributed by atoms with Gasteiger partial charge in [-0.15, -0.1) is 0 Å². The van der Waals surface area contributed by atoms with Gasteiger partial charge in [0.25, 0.3) is 0 Å². The predicted molar refractivity (Wildman–Crippen MR) is 62.7 cm³/mol. The molecule has 0 radical (unpaired) electrons. The molecular weight excluding hydrogens is 198 g/mol. The van der Waals surface area contributed by atoms with Gasteiger partial charge in [0.2, 0.25) is 0 Å². The zero-order valence-electron chi connectivity index (χ0n) is 10.1. The van der Waals surface area contributed by atoms with Crippen molar-refractivity contribution in [3.8, 4) is 6.07 Å². The molecule has 0 aromatic carbocycles. The highest BCUT2D eigenvalue weighted by Crippen LogP contribution is 2.46.